The summed E-state index contributed by atoms with van der Waals surface area (Å²) >= 11 is 1.67. The Hall–Kier alpha value is -0.870. The highest BCUT2D eigenvalue weighted by molar-refractivity contribution is 7.07. The van der Waals surface area contributed by atoms with Crippen LogP contribution in [0.4, 0.5) is 0 Å². The standard InChI is InChI=1S/C12H18N2OS/c1-2-11(13)12(15)14(10-3-4-10)7-9-5-6-16-8-9/h5-6,8,10-11H,2-4,7,13H2,1H3/t11-/m1/s1. The molecule has 2 rings (SSSR count). The minimum absolute atomic E-state index is 0.108. The average molecular weight is 238 g/mol. The lowest BCUT2D eigenvalue weighted by molar-refractivity contribution is -0.133. The summed E-state index contributed by atoms with van der Waals surface area (Å²) in [5.74, 6) is 0.108. The van der Waals surface area contributed by atoms with E-state index in [1.54, 1.807) is 11.3 Å². The van der Waals surface area contributed by atoms with Crippen LogP contribution in [0.3, 0.4) is 0 Å². The molecular formula is C12H18N2OS. The van der Waals surface area contributed by atoms with Gasteiger partial charge in [-0.1, -0.05) is 6.92 Å². The number of hydrogen-bond donors (Lipinski definition) is 1. The van der Waals surface area contributed by atoms with Crippen molar-refractivity contribution in [1.82, 2.24) is 4.90 Å². The van der Waals surface area contributed by atoms with Crippen LogP contribution in [0.25, 0.3) is 0 Å². The maximum atomic E-state index is 12.1. The van der Waals surface area contributed by atoms with Crippen molar-refractivity contribution in [3.8, 4) is 0 Å². The Bertz CT molecular complexity index is 346. The second-order valence-electron chi connectivity index (χ2n) is 4.34. The maximum Gasteiger partial charge on any atom is 0.240 e. The Labute approximate surface area is 100 Å². The third-order valence-corrected chi connectivity index (χ3v) is 3.69. The highest BCUT2D eigenvalue weighted by Gasteiger charge is 2.34. The van der Waals surface area contributed by atoms with Crippen molar-refractivity contribution in [1.29, 1.82) is 0 Å². The molecule has 3 nitrogen and oxygen atoms in total. The first kappa shape index (κ1) is 11.6. The van der Waals surface area contributed by atoms with Gasteiger partial charge in [0.1, 0.15) is 0 Å². The minimum atomic E-state index is -0.334. The number of carbonyl (C=O) groups is 1. The first-order valence-corrected chi connectivity index (χ1v) is 6.73. The SMILES string of the molecule is CC[C@@H](N)C(=O)N(Cc1ccsc1)C1CC1. The van der Waals surface area contributed by atoms with Crippen molar-refractivity contribution in [2.45, 2.75) is 44.8 Å². The van der Waals surface area contributed by atoms with Gasteiger partial charge in [-0.15, -0.1) is 0 Å². The van der Waals surface area contributed by atoms with Crippen LogP contribution < -0.4 is 5.73 Å². The van der Waals surface area contributed by atoms with E-state index < -0.39 is 0 Å². The molecule has 2 N–H and O–H groups in total. The van der Waals surface area contributed by atoms with Crippen molar-refractivity contribution in [2.24, 2.45) is 5.73 Å². The van der Waals surface area contributed by atoms with Gasteiger partial charge in [-0.05, 0) is 41.7 Å². The van der Waals surface area contributed by atoms with Crippen LogP contribution in [0.15, 0.2) is 16.8 Å². The van der Waals surface area contributed by atoms with Crippen LogP contribution in [0, 0.1) is 0 Å². The topological polar surface area (TPSA) is 46.3 Å². The molecule has 0 unspecified atom stereocenters. The van der Waals surface area contributed by atoms with E-state index in [-0.39, 0.29) is 11.9 Å². The summed E-state index contributed by atoms with van der Waals surface area (Å²) in [4.78, 5) is 14.0. The van der Waals surface area contributed by atoms with Gasteiger partial charge in [0.2, 0.25) is 5.91 Å². The van der Waals surface area contributed by atoms with Crippen molar-refractivity contribution >= 4 is 17.2 Å². The van der Waals surface area contributed by atoms with Crippen molar-refractivity contribution in [3.63, 3.8) is 0 Å². The van der Waals surface area contributed by atoms with Crippen LogP contribution in [0.1, 0.15) is 31.7 Å². The van der Waals surface area contributed by atoms with E-state index in [0.29, 0.717) is 12.5 Å². The Morgan fingerprint density at radius 3 is 2.94 bits per heavy atom. The molecule has 0 saturated heterocycles. The molecule has 0 spiro atoms. The maximum absolute atomic E-state index is 12.1. The largest absolute Gasteiger partial charge is 0.334 e. The number of rotatable bonds is 5. The van der Waals surface area contributed by atoms with Gasteiger partial charge >= 0.3 is 0 Å². The van der Waals surface area contributed by atoms with Crippen LogP contribution in [0.5, 0.6) is 0 Å². The number of thiophene rings is 1. The summed E-state index contributed by atoms with van der Waals surface area (Å²) in [6, 6.07) is 2.18. The smallest absolute Gasteiger partial charge is 0.240 e. The van der Waals surface area contributed by atoms with Gasteiger partial charge in [0.05, 0.1) is 6.04 Å². The molecule has 1 aliphatic rings. The molecule has 1 aliphatic carbocycles. The van der Waals surface area contributed by atoms with E-state index in [4.69, 9.17) is 5.73 Å². The van der Waals surface area contributed by atoms with E-state index in [0.717, 1.165) is 19.4 Å². The van der Waals surface area contributed by atoms with Crippen LogP contribution in [-0.2, 0) is 11.3 Å². The van der Waals surface area contributed by atoms with Crippen LogP contribution in [0.2, 0.25) is 0 Å². The second-order valence-corrected chi connectivity index (χ2v) is 5.12. The fourth-order valence-electron chi connectivity index (χ4n) is 1.74. The number of amides is 1. The number of carbonyl (C=O) groups excluding carboxylic acids is 1. The zero-order valence-electron chi connectivity index (χ0n) is 9.56. The Morgan fingerprint density at radius 1 is 1.69 bits per heavy atom. The second kappa shape index (κ2) is 4.97. The third-order valence-electron chi connectivity index (χ3n) is 2.96. The van der Waals surface area contributed by atoms with Gasteiger partial charge < -0.3 is 10.6 Å². The molecule has 1 saturated carbocycles. The monoisotopic (exact) mass is 238 g/mol. The molecule has 1 atom stereocenters. The van der Waals surface area contributed by atoms with Gasteiger partial charge in [0.25, 0.3) is 0 Å². The lowest BCUT2D eigenvalue weighted by Crippen LogP contribution is -2.44. The van der Waals surface area contributed by atoms with Gasteiger partial charge in [-0.2, -0.15) is 11.3 Å². The molecule has 1 aromatic rings. The summed E-state index contributed by atoms with van der Waals surface area (Å²) < 4.78 is 0. The molecule has 4 heteroatoms. The zero-order chi connectivity index (χ0) is 11.5. The molecule has 1 aromatic heterocycles. The fourth-order valence-corrected chi connectivity index (χ4v) is 2.40. The molecule has 1 amide bonds. The Kier molecular flexibility index (Phi) is 3.61. The van der Waals surface area contributed by atoms with Gasteiger partial charge in [0.15, 0.2) is 0 Å². The Morgan fingerprint density at radius 2 is 2.44 bits per heavy atom. The first-order chi connectivity index (χ1) is 7.72. The first-order valence-electron chi connectivity index (χ1n) is 5.79. The summed E-state index contributed by atoms with van der Waals surface area (Å²) in [5, 5.41) is 4.14. The summed E-state index contributed by atoms with van der Waals surface area (Å²) in [6.45, 7) is 2.68. The normalized spacial score (nSPS) is 17.1. The molecule has 0 radical (unpaired) electrons. The molecule has 0 bridgehead atoms. The lowest BCUT2D eigenvalue weighted by Gasteiger charge is -2.24. The van der Waals surface area contributed by atoms with E-state index in [1.807, 2.05) is 17.2 Å². The number of nitrogens with zero attached hydrogens (tertiary/aromatic N) is 1. The van der Waals surface area contributed by atoms with Crippen LogP contribution in [-0.4, -0.2) is 22.9 Å². The van der Waals surface area contributed by atoms with E-state index in [2.05, 4.69) is 11.4 Å². The summed E-state index contributed by atoms with van der Waals surface area (Å²) in [7, 11) is 0. The van der Waals surface area contributed by atoms with Crippen molar-refractivity contribution < 1.29 is 4.79 Å². The van der Waals surface area contributed by atoms with E-state index in [1.165, 1.54) is 5.56 Å². The zero-order valence-corrected chi connectivity index (χ0v) is 10.4. The van der Waals surface area contributed by atoms with E-state index >= 15 is 0 Å². The quantitative estimate of drug-likeness (QED) is 0.852. The molecule has 0 aromatic carbocycles. The number of hydrogen-bond acceptors (Lipinski definition) is 3. The van der Waals surface area contributed by atoms with Crippen molar-refractivity contribution in [2.75, 3.05) is 0 Å². The van der Waals surface area contributed by atoms with Gasteiger partial charge in [-0.25, -0.2) is 0 Å². The van der Waals surface area contributed by atoms with Gasteiger partial charge in [-0.3, -0.25) is 4.79 Å². The lowest BCUT2D eigenvalue weighted by atomic mass is 10.2. The highest BCUT2D eigenvalue weighted by atomic mass is 32.1. The highest BCUT2D eigenvalue weighted by Crippen LogP contribution is 2.29. The number of nitrogens with two attached hydrogens (primary N) is 1. The fraction of sp³-hybridized carbons (Fsp3) is 0.583. The molecule has 0 aliphatic heterocycles. The summed E-state index contributed by atoms with van der Waals surface area (Å²) in [5.41, 5.74) is 7.04. The predicted molar refractivity (Wildman–Crippen MR) is 66.2 cm³/mol. The molecule has 1 heterocycles. The van der Waals surface area contributed by atoms with Crippen LogP contribution >= 0.6 is 11.3 Å². The third kappa shape index (κ3) is 2.62. The van der Waals surface area contributed by atoms with E-state index in [9.17, 15) is 4.79 Å². The molecule has 16 heavy (non-hydrogen) atoms. The Balaban J connectivity index is 2.02. The minimum Gasteiger partial charge on any atom is -0.334 e. The molecular weight excluding hydrogens is 220 g/mol. The average Bonchev–Trinajstić information content (AvgIpc) is 3.01. The summed E-state index contributed by atoms with van der Waals surface area (Å²) in [6.07, 6.45) is 2.98. The van der Waals surface area contributed by atoms with Crippen molar-refractivity contribution in [3.05, 3.63) is 22.4 Å². The van der Waals surface area contributed by atoms with Gasteiger partial charge in [0, 0.05) is 12.6 Å². The molecule has 1 fully saturated rings. The predicted octanol–water partition coefficient (Wildman–Crippen LogP) is 1.98. The molecule has 88 valence electrons.